The molecule has 0 amide bonds. The van der Waals surface area contributed by atoms with Crippen molar-refractivity contribution in [1.82, 2.24) is 14.5 Å². The van der Waals surface area contributed by atoms with Crippen LogP contribution < -0.4 is 0 Å². The second-order valence-electron chi connectivity index (χ2n) is 5.46. The average molecular weight is 263 g/mol. The summed E-state index contributed by atoms with van der Waals surface area (Å²) in [6.07, 6.45) is 8.74. The molecule has 0 radical (unpaired) electrons. The smallest absolute Gasteiger partial charge is 0.320 e. The third kappa shape index (κ3) is 3.15. The van der Waals surface area contributed by atoms with Crippen molar-refractivity contribution in [3.05, 3.63) is 18.2 Å². The van der Waals surface area contributed by atoms with Gasteiger partial charge in [-0.1, -0.05) is 0 Å². The van der Waals surface area contributed by atoms with Crippen molar-refractivity contribution in [2.75, 3.05) is 13.2 Å². The Bertz CT molecular complexity index is 449. The molecular weight excluding hydrogens is 242 g/mol. The Morgan fingerprint density at radius 1 is 1.47 bits per heavy atom. The molecule has 0 spiro atoms. The van der Waals surface area contributed by atoms with Gasteiger partial charge in [-0.05, 0) is 32.6 Å². The minimum atomic E-state index is -0.119. The maximum atomic E-state index is 11.7. The lowest BCUT2D eigenvalue weighted by Gasteiger charge is -2.21. The van der Waals surface area contributed by atoms with Crippen LogP contribution in [0.3, 0.4) is 0 Å². The van der Waals surface area contributed by atoms with Crippen LogP contribution in [0.15, 0.2) is 12.5 Å². The number of carbonyl (C=O) groups is 1. The van der Waals surface area contributed by atoms with E-state index in [1.54, 1.807) is 0 Å². The predicted octanol–water partition coefficient (Wildman–Crippen LogP) is 1.75. The van der Waals surface area contributed by atoms with Gasteiger partial charge in [0.1, 0.15) is 0 Å². The molecule has 2 aliphatic carbocycles. The number of esters is 1. The number of rotatable bonds is 7. The molecule has 104 valence electrons. The monoisotopic (exact) mass is 263 g/mol. The first kappa shape index (κ1) is 12.7. The summed E-state index contributed by atoms with van der Waals surface area (Å²) in [4.78, 5) is 18.1. The van der Waals surface area contributed by atoms with Crippen LogP contribution in [0.1, 0.15) is 44.3 Å². The summed E-state index contributed by atoms with van der Waals surface area (Å²) < 4.78 is 7.32. The van der Waals surface area contributed by atoms with Crippen molar-refractivity contribution in [1.29, 1.82) is 0 Å². The molecule has 0 unspecified atom stereocenters. The highest BCUT2D eigenvalue weighted by atomic mass is 16.5. The summed E-state index contributed by atoms with van der Waals surface area (Å²) in [5, 5.41) is 0. The first-order valence-corrected chi connectivity index (χ1v) is 7.18. The van der Waals surface area contributed by atoms with E-state index in [0.29, 0.717) is 25.2 Å². The highest BCUT2D eigenvalue weighted by Crippen LogP contribution is 2.36. The van der Waals surface area contributed by atoms with E-state index in [0.717, 1.165) is 6.54 Å². The Balaban J connectivity index is 1.63. The van der Waals surface area contributed by atoms with Gasteiger partial charge in [0.05, 0.1) is 25.2 Å². The van der Waals surface area contributed by atoms with E-state index in [9.17, 15) is 4.79 Å². The van der Waals surface area contributed by atoms with Crippen molar-refractivity contribution in [3.8, 4) is 0 Å². The molecule has 0 aromatic carbocycles. The Kier molecular flexibility index (Phi) is 3.55. The van der Waals surface area contributed by atoms with Gasteiger partial charge in [0.25, 0.3) is 0 Å². The summed E-state index contributed by atoms with van der Waals surface area (Å²) in [5.41, 5.74) is 1.22. The van der Waals surface area contributed by atoms with Crippen LogP contribution in [0, 0.1) is 0 Å². The molecule has 0 bridgehead atoms. The standard InChI is InChI=1S/C14H21N3O2/c1-2-19-14(18)9-16(11-3-4-11)8-13-7-15-10-17(13)12-5-6-12/h7,10-12H,2-6,8-9H2,1H3. The molecule has 2 fully saturated rings. The Morgan fingerprint density at radius 2 is 2.26 bits per heavy atom. The van der Waals surface area contributed by atoms with Crippen LogP contribution >= 0.6 is 0 Å². The van der Waals surface area contributed by atoms with Crippen LogP contribution in [0.5, 0.6) is 0 Å². The zero-order chi connectivity index (χ0) is 13.2. The zero-order valence-electron chi connectivity index (χ0n) is 11.4. The topological polar surface area (TPSA) is 47.4 Å². The molecule has 1 aromatic heterocycles. The van der Waals surface area contributed by atoms with Gasteiger partial charge in [-0.2, -0.15) is 0 Å². The third-order valence-electron chi connectivity index (χ3n) is 3.75. The molecule has 1 heterocycles. The van der Waals surface area contributed by atoms with Crippen LogP contribution in [0.2, 0.25) is 0 Å². The van der Waals surface area contributed by atoms with E-state index in [1.807, 2.05) is 19.4 Å². The molecule has 0 saturated heterocycles. The molecule has 2 saturated carbocycles. The fourth-order valence-electron chi connectivity index (χ4n) is 2.47. The van der Waals surface area contributed by atoms with Gasteiger partial charge in [0.2, 0.25) is 0 Å². The van der Waals surface area contributed by atoms with Gasteiger partial charge in [0, 0.05) is 24.8 Å². The van der Waals surface area contributed by atoms with E-state index in [1.165, 1.54) is 31.4 Å². The van der Waals surface area contributed by atoms with E-state index >= 15 is 0 Å². The fraction of sp³-hybridized carbons (Fsp3) is 0.714. The molecule has 0 N–H and O–H groups in total. The van der Waals surface area contributed by atoms with Gasteiger partial charge in [-0.15, -0.1) is 0 Å². The SMILES string of the molecule is CCOC(=O)CN(Cc1cncn1C1CC1)C1CC1. The first-order valence-electron chi connectivity index (χ1n) is 7.18. The van der Waals surface area contributed by atoms with E-state index < -0.39 is 0 Å². The van der Waals surface area contributed by atoms with E-state index in [-0.39, 0.29) is 5.97 Å². The normalized spacial score (nSPS) is 18.8. The molecule has 0 aliphatic heterocycles. The van der Waals surface area contributed by atoms with Crippen molar-refractivity contribution in [3.63, 3.8) is 0 Å². The van der Waals surface area contributed by atoms with Crippen LogP contribution in [0.25, 0.3) is 0 Å². The Labute approximate surface area is 113 Å². The second-order valence-corrected chi connectivity index (χ2v) is 5.46. The predicted molar refractivity (Wildman–Crippen MR) is 70.6 cm³/mol. The minimum absolute atomic E-state index is 0.119. The highest BCUT2D eigenvalue weighted by Gasteiger charge is 2.32. The number of carbonyl (C=O) groups excluding carboxylic acids is 1. The summed E-state index contributed by atoms with van der Waals surface area (Å²) in [5.74, 6) is -0.119. The van der Waals surface area contributed by atoms with Gasteiger partial charge in [0.15, 0.2) is 0 Å². The largest absolute Gasteiger partial charge is 0.465 e. The van der Waals surface area contributed by atoms with Crippen LogP contribution in [-0.2, 0) is 16.1 Å². The van der Waals surface area contributed by atoms with Crippen LogP contribution in [0.4, 0.5) is 0 Å². The van der Waals surface area contributed by atoms with Gasteiger partial charge in [-0.3, -0.25) is 9.69 Å². The molecular formula is C14H21N3O2. The highest BCUT2D eigenvalue weighted by molar-refractivity contribution is 5.71. The molecule has 5 nitrogen and oxygen atoms in total. The zero-order valence-corrected chi connectivity index (χ0v) is 11.4. The van der Waals surface area contributed by atoms with E-state index in [4.69, 9.17) is 4.74 Å². The maximum absolute atomic E-state index is 11.7. The molecule has 1 aromatic rings. The summed E-state index contributed by atoms with van der Waals surface area (Å²) in [7, 11) is 0. The maximum Gasteiger partial charge on any atom is 0.320 e. The van der Waals surface area contributed by atoms with Gasteiger partial charge in [-0.25, -0.2) is 4.98 Å². The molecule has 2 aliphatic rings. The number of ether oxygens (including phenoxy) is 1. The lowest BCUT2D eigenvalue weighted by Crippen LogP contribution is -2.33. The summed E-state index contributed by atoms with van der Waals surface area (Å²) >= 11 is 0. The summed E-state index contributed by atoms with van der Waals surface area (Å²) in [6.45, 7) is 3.51. The Hall–Kier alpha value is -1.36. The number of imidazole rings is 1. The van der Waals surface area contributed by atoms with Crippen molar-refractivity contribution in [2.45, 2.75) is 51.2 Å². The number of hydrogen-bond donors (Lipinski definition) is 0. The summed E-state index contributed by atoms with van der Waals surface area (Å²) in [6, 6.07) is 1.19. The molecule has 0 atom stereocenters. The average Bonchev–Trinajstić information content (AvgIpc) is 3.29. The minimum Gasteiger partial charge on any atom is -0.465 e. The molecule has 5 heteroatoms. The number of hydrogen-bond acceptors (Lipinski definition) is 4. The quantitative estimate of drug-likeness (QED) is 0.703. The molecule has 19 heavy (non-hydrogen) atoms. The number of nitrogens with zero attached hydrogens (tertiary/aromatic N) is 3. The van der Waals surface area contributed by atoms with Crippen LogP contribution in [-0.4, -0.2) is 39.6 Å². The fourth-order valence-corrected chi connectivity index (χ4v) is 2.47. The van der Waals surface area contributed by atoms with Gasteiger partial charge < -0.3 is 9.30 Å². The number of aromatic nitrogens is 2. The third-order valence-corrected chi connectivity index (χ3v) is 3.75. The first-order chi connectivity index (χ1) is 9.28. The van der Waals surface area contributed by atoms with E-state index in [2.05, 4.69) is 14.5 Å². The van der Waals surface area contributed by atoms with Gasteiger partial charge >= 0.3 is 5.97 Å². The van der Waals surface area contributed by atoms with Crippen molar-refractivity contribution >= 4 is 5.97 Å². The molecule has 3 rings (SSSR count). The second kappa shape index (κ2) is 5.33. The Morgan fingerprint density at radius 3 is 2.89 bits per heavy atom. The van der Waals surface area contributed by atoms with Crippen molar-refractivity contribution < 1.29 is 9.53 Å². The van der Waals surface area contributed by atoms with Crippen molar-refractivity contribution in [2.24, 2.45) is 0 Å². The lowest BCUT2D eigenvalue weighted by atomic mass is 10.3. The lowest BCUT2D eigenvalue weighted by molar-refractivity contribution is -0.144.